The van der Waals surface area contributed by atoms with Crippen molar-refractivity contribution in [1.29, 1.82) is 0 Å². The highest BCUT2D eigenvalue weighted by atomic mass is 32.2. The van der Waals surface area contributed by atoms with Crippen LogP contribution in [0.2, 0.25) is 0 Å². The van der Waals surface area contributed by atoms with Crippen molar-refractivity contribution in [1.82, 2.24) is 4.90 Å². The molecule has 110 valence electrons. The van der Waals surface area contributed by atoms with Crippen LogP contribution in [0, 0.1) is 0 Å². The summed E-state index contributed by atoms with van der Waals surface area (Å²) in [6.07, 6.45) is 3.68. The van der Waals surface area contributed by atoms with Crippen LogP contribution in [0.5, 0.6) is 0 Å². The second-order valence-corrected chi connectivity index (χ2v) is 6.81. The van der Waals surface area contributed by atoms with E-state index in [1.807, 2.05) is 30.5 Å². The van der Waals surface area contributed by atoms with Gasteiger partial charge in [-0.25, -0.2) is 0 Å². The maximum absolute atomic E-state index is 12.2. The van der Waals surface area contributed by atoms with Crippen molar-refractivity contribution >= 4 is 58.0 Å². The van der Waals surface area contributed by atoms with Crippen molar-refractivity contribution in [3.63, 3.8) is 0 Å². The molecule has 0 unspecified atom stereocenters. The lowest BCUT2D eigenvalue weighted by atomic mass is 10.2. The lowest BCUT2D eigenvalue weighted by Crippen LogP contribution is -2.30. The van der Waals surface area contributed by atoms with Gasteiger partial charge in [-0.3, -0.25) is 14.5 Å². The van der Waals surface area contributed by atoms with Gasteiger partial charge in [0.15, 0.2) is 0 Å². The summed E-state index contributed by atoms with van der Waals surface area (Å²) in [6.45, 7) is 0.114. The molecular weight excluding hydrogens is 326 g/mol. The molecule has 1 amide bonds. The monoisotopic (exact) mass is 339 g/mol. The topological polar surface area (TPSA) is 57.6 Å². The minimum Gasteiger partial charge on any atom is -0.481 e. The number of rotatable bonds is 5. The Bertz CT molecular complexity index is 610. The number of hydrogen-bond acceptors (Lipinski definition) is 5. The van der Waals surface area contributed by atoms with Crippen LogP contribution in [-0.4, -0.2) is 39.0 Å². The second kappa shape index (κ2) is 7.11. The predicted molar refractivity (Wildman–Crippen MR) is 90.4 cm³/mol. The first-order valence-electron chi connectivity index (χ1n) is 6.12. The number of aliphatic carboxylic acids is 1. The van der Waals surface area contributed by atoms with Crippen LogP contribution in [0.4, 0.5) is 0 Å². The minimum atomic E-state index is -0.944. The third-order valence-electron chi connectivity index (χ3n) is 2.84. The van der Waals surface area contributed by atoms with Crippen molar-refractivity contribution < 1.29 is 14.7 Å². The number of carboxylic acids is 1. The third-order valence-corrected chi connectivity index (χ3v) is 4.96. The molecule has 0 spiro atoms. The van der Waals surface area contributed by atoms with Gasteiger partial charge in [0.05, 0.1) is 11.3 Å². The second-order valence-electron chi connectivity index (χ2n) is 4.25. The minimum absolute atomic E-state index is 0.109. The van der Waals surface area contributed by atoms with Gasteiger partial charge < -0.3 is 5.11 Å². The zero-order chi connectivity index (χ0) is 15.4. The predicted octanol–water partition coefficient (Wildman–Crippen LogP) is 3.08. The molecule has 4 nitrogen and oxygen atoms in total. The van der Waals surface area contributed by atoms with Gasteiger partial charge in [-0.05, 0) is 30.0 Å². The van der Waals surface area contributed by atoms with E-state index >= 15 is 0 Å². The Morgan fingerprint density at radius 2 is 2.10 bits per heavy atom. The smallest absolute Gasteiger partial charge is 0.305 e. The molecule has 1 saturated heterocycles. The largest absolute Gasteiger partial charge is 0.481 e. The van der Waals surface area contributed by atoms with E-state index in [0.717, 1.165) is 10.5 Å². The van der Waals surface area contributed by atoms with Crippen molar-refractivity contribution in [2.24, 2.45) is 0 Å². The van der Waals surface area contributed by atoms with Crippen LogP contribution in [-0.2, 0) is 9.59 Å². The summed E-state index contributed by atoms with van der Waals surface area (Å²) in [5, 5.41) is 8.69. The highest BCUT2D eigenvalue weighted by Crippen LogP contribution is 2.32. The summed E-state index contributed by atoms with van der Waals surface area (Å²) >= 11 is 8.00. The molecule has 7 heteroatoms. The molecule has 1 heterocycles. The van der Waals surface area contributed by atoms with E-state index in [2.05, 4.69) is 0 Å². The first kappa shape index (κ1) is 16.1. The molecule has 1 aromatic rings. The first-order chi connectivity index (χ1) is 10.0. The Balaban J connectivity index is 2.13. The first-order valence-corrected chi connectivity index (χ1v) is 8.57. The number of carbonyl (C=O) groups is 2. The third kappa shape index (κ3) is 4.09. The van der Waals surface area contributed by atoms with Crippen LogP contribution in [0.3, 0.4) is 0 Å². The highest BCUT2D eigenvalue weighted by molar-refractivity contribution is 8.26. The summed E-state index contributed by atoms with van der Waals surface area (Å²) in [6, 6.07) is 7.86. The van der Waals surface area contributed by atoms with Gasteiger partial charge in [0.1, 0.15) is 4.32 Å². The van der Waals surface area contributed by atoms with Gasteiger partial charge in [0.25, 0.3) is 5.91 Å². The van der Waals surface area contributed by atoms with Crippen molar-refractivity contribution in [3.05, 3.63) is 34.7 Å². The van der Waals surface area contributed by atoms with Gasteiger partial charge in [-0.15, -0.1) is 11.8 Å². The fourth-order valence-electron chi connectivity index (χ4n) is 1.75. The molecule has 1 N–H and O–H groups in total. The maximum Gasteiger partial charge on any atom is 0.305 e. The summed E-state index contributed by atoms with van der Waals surface area (Å²) in [5.74, 6) is -1.17. The summed E-state index contributed by atoms with van der Waals surface area (Å²) < 4.78 is 0.410. The van der Waals surface area contributed by atoms with Crippen LogP contribution in [0.15, 0.2) is 34.1 Å². The zero-order valence-electron chi connectivity index (χ0n) is 11.2. The van der Waals surface area contributed by atoms with E-state index in [4.69, 9.17) is 17.3 Å². The molecule has 1 fully saturated rings. The van der Waals surface area contributed by atoms with Crippen LogP contribution >= 0.6 is 35.7 Å². The normalized spacial score (nSPS) is 16.8. The fraction of sp³-hybridized carbons (Fsp3) is 0.214. The lowest BCUT2D eigenvalue weighted by molar-refractivity contribution is -0.137. The van der Waals surface area contributed by atoms with E-state index in [9.17, 15) is 9.59 Å². The summed E-state index contributed by atoms with van der Waals surface area (Å²) in [7, 11) is 0. The van der Waals surface area contributed by atoms with Crippen molar-refractivity contribution in [2.45, 2.75) is 11.3 Å². The van der Waals surface area contributed by atoms with Crippen LogP contribution in [0.1, 0.15) is 12.0 Å². The van der Waals surface area contributed by atoms with Crippen molar-refractivity contribution in [2.75, 3.05) is 12.8 Å². The van der Waals surface area contributed by atoms with Gasteiger partial charge in [0, 0.05) is 11.4 Å². The van der Waals surface area contributed by atoms with Gasteiger partial charge >= 0.3 is 5.97 Å². The standard InChI is InChI=1S/C14H13NO3S3/c1-20-10-4-2-9(3-5-10)8-11-13(18)15(14(19)21-11)7-6-12(16)17/h2-5,8H,6-7H2,1H3,(H,16,17). The van der Waals surface area contributed by atoms with Crippen LogP contribution in [0.25, 0.3) is 6.08 Å². The number of hydrogen-bond donors (Lipinski definition) is 1. The lowest BCUT2D eigenvalue weighted by Gasteiger charge is -2.12. The van der Waals surface area contributed by atoms with Gasteiger partial charge in [-0.1, -0.05) is 36.1 Å². The number of nitrogens with zero attached hydrogens (tertiary/aromatic N) is 1. The highest BCUT2D eigenvalue weighted by Gasteiger charge is 2.31. The number of thioether (sulfide) groups is 2. The van der Waals surface area contributed by atoms with Gasteiger partial charge in [0.2, 0.25) is 0 Å². The fourth-order valence-corrected chi connectivity index (χ4v) is 3.47. The number of carboxylic acid groups (broad SMARTS) is 1. The molecule has 21 heavy (non-hydrogen) atoms. The SMILES string of the molecule is CSc1ccc(C=C2SC(=S)N(CCC(=O)O)C2=O)cc1. The average Bonchev–Trinajstić information content (AvgIpc) is 2.72. The summed E-state index contributed by atoms with van der Waals surface area (Å²) in [5.41, 5.74) is 0.923. The Labute approximate surface area is 136 Å². The number of benzene rings is 1. The quantitative estimate of drug-likeness (QED) is 0.505. The molecule has 0 radical (unpaired) electrons. The van der Waals surface area contributed by atoms with E-state index in [1.54, 1.807) is 17.8 Å². The number of carbonyl (C=O) groups excluding carboxylic acids is 1. The molecule has 0 atom stereocenters. The molecule has 0 saturated carbocycles. The maximum atomic E-state index is 12.2. The van der Waals surface area contributed by atoms with E-state index in [0.29, 0.717) is 9.23 Å². The average molecular weight is 339 g/mol. The molecule has 1 aromatic carbocycles. The molecule has 1 aliphatic rings. The molecule has 2 rings (SSSR count). The molecule has 0 aliphatic carbocycles. The molecule has 1 aliphatic heterocycles. The molecule has 0 aromatic heterocycles. The van der Waals surface area contributed by atoms with E-state index < -0.39 is 5.97 Å². The number of thiocarbonyl (C=S) groups is 1. The Kier molecular flexibility index (Phi) is 5.44. The molecular formula is C14H13NO3S3. The van der Waals surface area contributed by atoms with Crippen molar-refractivity contribution in [3.8, 4) is 0 Å². The zero-order valence-corrected chi connectivity index (χ0v) is 13.7. The Morgan fingerprint density at radius 3 is 2.67 bits per heavy atom. The van der Waals surface area contributed by atoms with E-state index in [-0.39, 0.29) is 18.9 Å². The van der Waals surface area contributed by atoms with Crippen LogP contribution < -0.4 is 0 Å². The summed E-state index contributed by atoms with van der Waals surface area (Å²) in [4.78, 5) is 25.8. The Hall–Kier alpha value is -1.31. The Morgan fingerprint density at radius 1 is 1.43 bits per heavy atom. The molecule has 0 bridgehead atoms. The van der Waals surface area contributed by atoms with Gasteiger partial charge in [-0.2, -0.15) is 0 Å². The number of amides is 1. The van der Waals surface area contributed by atoms with E-state index in [1.165, 1.54) is 16.7 Å².